The standard InChI is InChI=1S/C15H11F3O2/c16-13-6-11(9-19)7-14(8-13)20-10-15(17,18)12-4-2-1-3-5-12/h1-9H,10H2. The van der Waals surface area contributed by atoms with Gasteiger partial charge < -0.3 is 4.74 Å². The molecule has 0 aliphatic heterocycles. The highest BCUT2D eigenvalue weighted by atomic mass is 19.3. The molecule has 20 heavy (non-hydrogen) atoms. The topological polar surface area (TPSA) is 26.3 Å². The van der Waals surface area contributed by atoms with E-state index in [-0.39, 0.29) is 16.9 Å². The molecule has 0 aliphatic carbocycles. The number of aldehydes is 1. The molecule has 0 amide bonds. The van der Waals surface area contributed by atoms with Crippen LogP contribution in [0.3, 0.4) is 0 Å². The fourth-order valence-electron chi connectivity index (χ4n) is 1.68. The number of alkyl halides is 2. The van der Waals surface area contributed by atoms with Crippen LogP contribution in [-0.4, -0.2) is 12.9 Å². The average molecular weight is 280 g/mol. The lowest BCUT2D eigenvalue weighted by molar-refractivity contribution is -0.0467. The van der Waals surface area contributed by atoms with Crippen LogP contribution in [0.25, 0.3) is 0 Å². The molecule has 0 N–H and O–H groups in total. The van der Waals surface area contributed by atoms with Crippen LogP contribution >= 0.6 is 0 Å². The van der Waals surface area contributed by atoms with Gasteiger partial charge in [0, 0.05) is 17.2 Å². The summed E-state index contributed by atoms with van der Waals surface area (Å²) in [5, 5.41) is 0. The molecule has 0 aromatic heterocycles. The molecular formula is C15H11F3O2. The first-order valence-corrected chi connectivity index (χ1v) is 5.83. The quantitative estimate of drug-likeness (QED) is 0.778. The maximum atomic E-state index is 13.8. The third-order valence-corrected chi connectivity index (χ3v) is 2.65. The largest absolute Gasteiger partial charge is 0.487 e. The average Bonchev–Trinajstić information content (AvgIpc) is 2.45. The molecule has 0 heterocycles. The van der Waals surface area contributed by atoms with Crippen molar-refractivity contribution < 1.29 is 22.7 Å². The maximum Gasteiger partial charge on any atom is 0.306 e. The minimum atomic E-state index is -3.20. The minimum absolute atomic E-state index is 0.0306. The van der Waals surface area contributed by atoms with Crippen LogP contribution < -0.4 is 4.74 Å². The second-order valence-electron chi connectivity index (χ2n) is 4.20. The predicted octanol–water partition coefficient (Wildman–Crippen LogP) is 3.81. The van der Waals surface area contributed by atoms with Crippen LogP contribution in [0.5, 0.6) is 5.75 Å². The highest BCUT2D eigenvalue weighted by Crippen LogP contribution is 2.29. The molecule has 0 spiro atoms. The molecule has 0 saturated carbocycles. The lowest BCUT2D eigenvalue weighted by Crippen LogP contribution is -2.23. The Labute approximate surface area is 113 Å². The lowest BCUT2D eigenvalue weighted by Gasteiger charge is -2.17. The van der Waals surface area contributed by atoms with Crippen LogP contribution in [0.4, 0.5) is 13.2 Å². The second kappa shape index (κ2) is 5.77. The molecule has 2 aromatic carbocycles. The van der Waals surface area contributed by atoms with Crippen molar-refractivity contribution in [3.05, 3.63) is 65.5 Å². The first-order chi connectivity index (χ1) is 9.51. The van der Waals surface area contributed by atoms with Gasteiger partial charge in [-0.05, 0) is 12.1 Å². The van der Waals surface area contributed by atoms with Gasteiger partial charge >= 0.3 is 5.92 Å². The Morgan fingerprint density at radius 2 is 1.80 bits per heavy atom. The molecule has 0 aliphatic rings. The van der Waals surface area contributed by atoms with Gasteiger partial charge in [-0.15, -0.1) is 0 Å². The molecule has 0 saturated heterocycles. The molecule has 0 bridgehead atoms. The fourth-order valence-corrected chi connectivity index (χ4v) is 1.68. The minimum Gasteiger partial charge on any atom is -0.487 e. The number of benzene rings is 2. The van der Waals surface area contributed by atoms with Crippen molar-refractivity contribution in [1.82, 2.24) is 0 Å². The second-order valence-corrected chi connectivity index (χ2v) is 4.20. The Kier molecular flexibility index (Phi) is 4.08. The molecule has 5 heteroatoms. The number of rotatable bonds is 5. The highest BCUT2D eigenvalue weighted by Gasteiger charge is 2.32. The molecule has 2 aromatic rings. The summed E-state index contributed by atoms with van der Waals surface area (Å²) in [6.45, 7) is -0.932. The molecule has 0 fully saturated rings. The van der Waals surface area contributed by atoms with Crippen molar-refractivity contribution >= 4 is 6.29 Å². The molecule has 104 valence electrons. The first-order valence-electron chi connectivity index (χ1n) is 5.83. The molecule has 2 rings (SSSR count). The van der Waals surface area contributed by atoms with Crippen LogP contribution in [0.1, 0.15) is 15.9 Å². The van der Waals surface area contributed by atoms with Gasteiger partial charge in [0.25, 0.3) is 0 Å². The highest BCUT2D eigenvalue weighted by molar-refractivity contribution is 5.75. The number of halogens is 3. The number of carbonyl (C=O) groups excluding carboxylic acids is 1. The van der Waals surface area contributed by atoms with Crippen LogP contribution in [0.15, 0.2) is 48.5 Å². The van der Waals surface area contributed by atoms with Crippen molar-refractivity contribution in [2.75, 3.05) is 6.61 Å². The van der Waals surface area contributed by atoms with Crippen molar-refractivity contribution in [1.29, 1.82) is 0 Å². The Hall–Kier alpha value is -2.30. The SMILES string of the molecule is O=Cc1cc(F)cc(OCC(F)(F)c2ccccc2)c1. The van der Waals surface area contributed by atoms with Crippen molar-refractivity contribution in [3.63, 3.8) is 0 Å². The van der Waals surface area contributed by atoms with Gasteiger partial charge in [-0.25, -0.2) is 4.39 Å². The zero-order valence-electron chi connectivity index (χ0n) is 10.4. The van der Waals surface area contributed by atoms with E-state index in [1.807, 2.05) is 0 Å². The monoisotopic (exact) mass is 280 g/mol. The van der Waals surface area contributed by atoms with Crippen molar-refractivity contribution in [2.45, 2.75) is 5.92 Å². The van der Waals surface area contributed by atoms with Gasteiger partial charge in [-0.2, -0.15) is 8.78 Å². The van der Waals surface area contributed by atoms with E-state index in [2.05, 4.69) is 0 Å². The fraction of sp³-hybridized carbons (Fsp3) is 0.133. The Bertz CT molecular complexity index is 597. The van der Waals surface area contributed by atoms with E-state index in [1.165, 1.54) is 30.3 Å². The predicted molar refractivity (Wildman–Crippen MR) is 67.6 cm³/mol. The molecular weight excluding hydrogens is 269 g/mol. The van der Waals surface area contributed by atoms with Gasteiger partial charge in [0.05, 0.1) is 0 Å². The van der Waals surface area contributed by atoms with Crippen LogP contribution in [0, 0.1) is 5.82 Å². The summed E-state index contributed by atoms with van der Waals surface area (Å²) in [4.78, 5) is 10.6. The van der Waals surface area contributed by atoms with Crippen LogP contribution in [-0.2, 0) is 5.92 Å². The summed E-state index contributed by atoms with van der Waals surface area (Å²) in [5.41, 5.74) is -0.157. The molecule has 0 unspecified atom stereocenters. The van der Waals surface area contributed by atoms with E-state index in [4.69, 9.17) is 4.74 Å². The summed E-state index contributed by atoms with van der Waals surface area (Å²) in [6.07, 6.45) is 0.422. The summed E-state index contributed by atoms with van der Waals surface area (Å²) in [6, 6.07) is 10.3. The van der Waals surface area contributed by atoms with E-state index in [0.717, 1.165) is 12.1 Å². The summed E-state index contributed by atoms with van der Waals surface area (Å²) >= 11 is 0. The van der Waals surface area contributed by atoms with E-state index in [9.17, 15) is 18.0 Å². The maximum absolute atomic E-state index is 13.8. The van der Waals surface area contributed by atoms with Gasteiger partial charge in [0.1, 0.15) is 17.9 Å². The number of hydrogen-bond donors (Lipinski definition) is 0. The molecule has 0 atom stereocenters. The Morgan fingerprint density at radius 3 is 2.45 bits per heavy atom. The van der Waals surface area contributed by atoms with Crippen molar-refractivity contribution in [2.24, 2.45) is 0 Å². The third kappa shape index (κ3) is 3.38. The number of hydrogen-bond acceptors (Lipinski definition) is 2. The molecule has 2 nitrogen and oxygen atoms in total. The number of carbonyl (C=O) groups is 1. The van der Waals surface area contributed by atoms with E-state index in [1.54, 1.807) is 6.07 Å². The summed E-state index contributed by atoms with van der Waals surface area (Å²) in [7, 11) is 0. The van der Waals surface area contributed by atoms with Crippen LogP contribution in [0.2, 0.25) is 0 Å². The summed E-state index contributed by atoms with van der Waals surface area (Å²) < 4.78 is 45.7. The Morgan fingerprint density at radius 1 is 1.10 bits per heavy atom. The first kappa shape index (κ1) is 14.1. The summed E-state index contributed by atoms with van der Waals surface area (Å²) in [5.74, 6) is -4.02. The zero-order valence-corrected chi connectivity index (χ0v) is 10.4. The van der Waals surface area contributed by atoms with E-state index in [0.29, 0.717) is 6.29 Å². The lowest BCUT2D eigenvalue weighted by atomic mass is 10.1. The van der Waals surface area contributed by atoms with Gasteiger partial charge in [-0.1, -0.05) is 30.3 Å². The van der Waals surface area contributed by atoms with Gasteiger partial charge in [0.2, 0.25) is 0 Å². The van der Waals surface area contributed by atoms with Crippen molar-refractivity contribution in [3.8, 4) is 5.75 Å². The van der Waals surface area contributed by atoms with E-state index >= 15 is 0 Å². The smallest absolute Gasteiger partial charge is 0.306 e. The van der Waals surface area contributed by atoms with Gasteiger partial charge in [0.15, 0.2) is 6.61 Å². The third-order valence-electron chi connectivity index (χ3n) is 2.65. The van der Waals surface area contributed by atoms with Gasteiger partial charge in [-0.3, -0.25) is 4.79 Å². The zero-order chi connectivity index (χ0) is 14.6. The Balaban J connectivity index is 2.12. The number of ether oxygens (including phenoxy) is 1. The normalized spacial score (nSPS) is 11.2. The molecule has 0 radical (unpaired) electrons. The van der Waals surface area contributed by atoms with E-state index < -0.39 is 18.3 Å².